The van der Waals surface area contributed by atoms with Gasteiger partial charge in [-0.25, -0.2) is 0 Å². The number of nitrogens with zero attached hydrogens (tertiary/aromatic N) is 1. The molecule has 0 aromatic carbocycles. The van der Waals surface area contributed by atoms with E-state index in [9.17, 15) is 19.4 Å². The summed E-state index contributed by atoms with van der Waals surface area (Å²) >= 11 is 0. The second-order valence-corrected chi connectivity index (χ2v) is 26.6. The quantitative estimate of drug-likeness (QED) is 0.0272. The number of allylic oxidation sites excluding steroid dienone is 21. The SMILES string of the molecule is CC/C=C\C/C=C\C/C=C\C/C=C\C/C=C\C/C=C\C/C=C\C/C=C\C/C=C\CCCCCCCCCCCCCCCC(=O)NC(COP(=O)([O-])OCC[N+](C)(C)C)C(O)/C=C/CC/C=C/CCCCCCCCCCCCCCCCCCCC. The largest absolute Gasteiger partial charge is 0.756 e. The van der Waals surface area contributed by atoms with Crippen LogP contribution in [0.25, 0.3) is 0 Å². The molecule has 9 heteroatoms. The molecule has 0 saturated carbocycles. The van der Waals surface area contributed by atoms with E-state index in [0.29, 0.717) is 17.4 Å². The van der Waals surface area contributed by atoms with Crippen LogP contribution in [-0.2, 0) is 18.4 Å². The van der Waals surface area contributed by atoms with Gasteiger partial charge in [-0.2, -0.15) is 0 Å². The first-order valence-corrected chi connectivity index (χ1v) is 37.5. The first-order valence-electron chi connectivity index (χ1n) is 36.0. The third kappa shape index (κ3) is 70.0. The molecule has 0 aliphatic carbocycles. The van der Waals surface area contributed by atoms with Gasteiger partial charge in [-0.15, -0.1) is 0 Å². The number of carbonyl (C=O) groups is 1. The molecule has 8 nitrogen and oxygen atoms in total. The number of hydrogen-bond acceptors (Lipinski definition) is 6. The van der Waals surface area contributed by atoms with Gasteiger partial charge < -0.3 is 28.8 Å². The van der Waals surface area contributed by atoms with E-state index in [4.69, 9.17) is 9.05 Å². The van der Waals surface area contributed by atoms with Gasteiger partial charge in [0, 0.05) is 6.42 Å². The Morgan fingerprint density at radius 2 is 0.713 bits per heavy atom. The molecule has 0 radical (unpaired) electrons. The van der Waals surface area contributed by atoms with Crippen molar-refractivity contribution in [3.8, 4) is 0 Å². The summed E-state index contributed by atoms with van der Waals surface area (Å²) in [5.74, 6) is -0.210. The number of aliphatic hydroxyl groups excluding tert-OH is 1. The molecule has 0 aliphatic heterocycles. The number of unbranched alkanes of at least 4 members (excludes halogenated alkanes) is 32. The number of phosphoric acid groups is 1. The summed E-state index contributed by atoms with van der Waals surface area (Å²) in [6, 6.07) is -0.913. The van der Waals surface area contributed by atoms with Gasteiger partial charge >= 0.3 is 0 Å². The molecule has 3 unspecified atom stereocenters. The zero-order valence-corrected chi connectivity index (χ0v) is 58.1. The first kappa shape index (κ1) is 83.6. The van der Waals surface area contributed by atoms with E-state index in [1.165, 1.54) is 186 Å². The molecular formula is C78H137N2O6P. The lowest BCUT2D eigenvalue weighted by atomic mass is 10.0. The molecule has 0 fully saturated rings. The molecule has 0 aliphatic rings. The molecule has 0 bridgehead atoms. The summed E-state index contributed by atoms with van der Waals surface area (Å²) in [6.07, 6.45) is 101. The fourth-order valence-corrected chi connectivity index (χ4v) is 10.8. The van der Waals surface area contributed by atoms with Crippen molar-refractivity contribution in [2.45, 2.75) is 315 Å². The fraction of sp³-hybridized carbons (Fsp3) is 0.705. The predicted molar refractivity (Wildman–Crippen MR) is 380 cm³/mol. The van der Waals surface area contributed by atoms with Crippen molar-refractivity contribution in [2.75, 3.05) is 40.9 Å². The summed E-state index contributed by atoms with van der Waals surface area (Å²) in [5, 5.41) is 13.9. The first-order chi connectivity index (χ1) is 42.5. The van der Waals surface area contributed by atoms with Crippen LogP contribution >= 0.6 is 7.82 Å². The van der Waals surface area contributed by atoms with Crippen LogP contribution in [0.2, 0.25) is 0 Å². The molecular weight excluding hydrogens is 1090 g/mol. The average Bonchev–Trinajstić information content (AvgIpc) is 3.71. The molecule has 3 atom stereocenters. The number of quaternary nitrogens is 1. The van der Waals surface area contributed by atoms with Crippen molar-refractivity contribution < 1.29 is 32.9 Å². The number of aliphatic hydroxyl groups is 1. The molecule has 500 valence electrons. The third-order valence-corrected chi connectivity index (χ3v) is 16.6. The normalized spacial score (nSPS) is 14.4. The Morgan fingerprint density at radius 3 is 1.07 bits per heavy atom. The van der Waals surface area contributed by atoms with Crippen molar-refractivity contribution in [2.24, 2.45) is 0 Å². The minimum atomic E-state index is -4.62. The lowest BCUT2D eigenvalue weighted by molar-refractivity contribution is -0.870. The second-order valence-electron chi connectivity index (χ2n) is 25.2. The Labute approximate surface area is 538 Å². The van der Waals surface area contributed by atoms with Crippen LogP contribution in [0, 0.1) is 0 Å². The number of nitrogens with one attached hydrogen (secondary N) is 1. The minimum Gasteiger partial charge on any atom is -0.756 e. The summed E-state index contributed by atoms with van der Waals surface area (Å²) in [6.45, 7) is 4.53. The standard InChI is InChI=1S/C78H137N2O6P/c1-6-8-10-12-14-16-18-20-22-24-26-28-30-32-33-34-35-36-37-38-39-40-41-42-43-44-45-46-47-48-50-52-54-56-58-60-62-64-66-68-70-72-78(82)79-76(75-86-87(83,84)85-74-73-80(3,4)5)77(81)71-69-67-65-63-61-59-57-55-53-51-49-31-29-27-25-23-21-19-17-15-13-11-9-7-2/h8,10,14,16,20,22,26,28,32-33,35-36,38-39,41-42,44-45,61,63,69,71,76-77,81H,6-7,9,11-13,15,17-19,21,23-25,27,29-31,34,37,40,43,46-60,62,64-68,70,72-75H2,1-5H3,(H-,79,82,83,84)/b10-8-,16-14-,22-20-,28-26-,33-32-,36-35-,39-38-,42-41-,45-44-,63-61+,71-69+. The third-order valence-electron chi connectivity index (χ3n) is 15.6. The lowest BCUT2D eigenvalue weighted by Gasteiger charge is -2.29. The molecule has 0 rings (SSSR count). The summed E-state index contributed by atoms with van der Waals surface area (Å²) in [4.78, 5) is 25.6. The van der Waals surface area contributed by atoms with Crippen LogP contribution in [0.3, 0.4) is 0 Å². The molecule has 0 heterocycles. The van der Waals surface area contributed by atoms with Crippen LogP contribution in [-0.4, -0.2) is 68.5 Å². The van der Waals surface area contributed by atoms with Gasteiger partial charge in [0.1, 0.15) is 13.2 Å². The van der Waals surface area contributed by atoms with Crippen LogP contribution in [0.1, 0.15) is 303 Å². The Bertz CT molecular complexity index is 1880. The van der Waals surface area contributed by atoms with E-state index >= 15 is 0 Å². The van der Waals surface area contributed by atoms with E-state index in [1.807, 2.05) is 27.2 Å². The molecule has 0 saturated heterocycles. The number of amides is 1. The zero-order valence-electron chi connectivity index (χ0n) is 57.2. The van der Waals surface area contributed by atoms with Gasteiger partial charge in [-0.1, -0.05) is 327 Å². The predicted octanol–water partition coefficient (Wildman–Crippen LogP) is 22.8. The van der Waals surface area contributed by atoms with Crippen molar-refractivity contribution in [1.82, 2.24) is 5.32 Å². The lowest BCUT2D eigenvalue weighted by Crippen LogP contribution is -2.45. The van der Waals surface area contributed by atoms with Gasteiger partial charge in [0.2, 0.25) is 5.91 Å². The fourth-order valence-electron chi connectivity index (χ4n) is 10.0. The van der Waals surface area contributed by atoms with Crippen LogP contribution in [0.15, 0.2) is 134 Å². The smallest absolute Gasteiger partial charge is 0.268 e. The highest BCUT2D eigenvalue weighted by molar-refractivity contribution is 7.45. The maximum Gasteiger partial charge on any atom is 0.268 e. The molecule has 0 aromatic heterocycles. The monoisotopic (exact) mass is 1230 g/mol. The van der Waals surface area contributed by atoms with Crippen LogP contribution < -0.4 is 10.2 Å². The average molecular weight is 1230 g/mol. The number of hydrogen-bond donors (Lipinski definition) is 2. The van der Waals surface area contributed by atoms with Crippen molar-refractivity contribution in [3.63, 3.8) is 0 Å². The van der Waals surface area contributed by atoms with Crippen LogP contribution in [0.5, 0.6) is 0 Å². The topological polar surface area (TPSA) is 108 Å². The van der Waals surface area contributed by atoms with E-state index in [1.54, 1.807) is 6.08 Å². The molecule has 0 aromatic rings. The summed E-state index contributed by atoms with van der Waals surface area (Å²) < 4.78 is 23.4. The van der Waals surface area contributed by atoms with Gasteiger partial charge in [0.15, 0.2) is 0 Å². The minimum absolute atomic E-state index is 0.0112. The Kier molecular flexibility index (Phi) is 64.5. The molecule has 0 spiro atoms. The Morgan fingerprint density at radius 1 is 0.414 bits per heavy atom. The maximum atomic E-state index is 13.0. The van der Waals surface area contributed by atoms with Crippen molar-refractivity contribution >= 4 is 13.7 Å². The van der Waals surface area contributed by atoms with Crippen LogP contribution in [0.4, 0.5) is 0 Å². The van der Waals surface area contributed by atoms with E-state index in [2.05, 4.69) is 141 Å². The van der Waals surface area contributed by atoms with E-state index in [-0.39, 0.29) is 12.5 Å². The highest BCUT2D eigenvalue weighted by Crippen LogP contribution is 2.38. The van der Waals surface area contributed by atoms with Gasteiger partial charge in [0.25, 0.3) is 7.82 Å². The Balaban J connectivity index is 4.10. The molecule has 87 heavy (non-hydrogen) atoms. The number of likely N-dealkylation sites (N-methyl/N-ethyl adjacent to an activating group) is 1. The zero-order chi connectivity index (χ0) is 63.4. The highest BCUT2D eigenvalue weighted by atomic mass is 31.2. The van der Waals surface area contributed by atoms with Gasteiger partial charge in [0.05, 0.1) is 39.9 Å². The summed E-state index contributed by atoms with van der Waals surface area (Å²) in [7, 11) is 1.24. The van der Waals surface area contributed by atoms with Crippen molar-refractivity contribution in [1.29, 1.82) is 0 Å². The number of carbonyl (C=O) groups excluding carboxylic acids is 1. The van der Waals surface area contributed by atoms with Gasteiger partial charge in [-0.05, 0) is 103 Å². The van der Waals surface area contributed by atoms with Gasteiger partial charge in [-0.3, -0.25) is 9.36 Å². The second kappa shape index (κ2) is 67.0. The van der Waals surface area contributed by atoms with E-state index in [0.717, 1.165) is 96.3 Å². The highest BCUT2D eigenvalue weighted by Gasteiger charge is 2.23. The Hall–Kier alpha value is -3.36. The van der Waals surface area contributed by atoms with E-state index < -0.39 is 26.6 Å². The molecule has 1 amide bonds. The number of phosphoric ester groups is 1. The molecule has 2 N–H and O–H groups in total. The maximum absolute atomic E-state index is 13.0. The van der Waals surface area contributed by atoms with Crippen molar-refractivity contribution in [3.05, 3.63) is 134 Å². The summed E-state index contributed by atoms with van der Waals surface area (Å²) in [5.41, 5.74) is 0. The number of rotatable bonds is 65.